The molecule has 3 aromatic heterocycles. The summed E-state index contributed by atoms with van der Waals surface area (Å²) in [5.74, 6) is -0.139. The Kier molecular flexibility index (Phi) is 3.72. The predicted molar refractivity (Wildman–Crippen MR) is 112 cm³/mol. The molecule has 0 aliphatic heterocycles. The maximum atomic E-state index is 12.7. The molecule has 0 saturated carbocycles. The summed E-state index contributed by atoms with van der Waals surface area (Å²) in [7, 11) is 0. The number of fused-ring (bicyclic) bond motifs is 2. The zero-order chi connectivity index (χ0) is 19.1. The number of pyridine rings is 1. The first-order valence-corrected chi connectivity index (χ1v) is 9.10. The van der Waals surface area contributed by atoms with Crippen LogP contribution in [0, 0.1) is 6.92 Å². The Morgan fingerprint density at radius 3 is 2.75 bits per heavy atom. The van der Waals surface area contributed by atoms with Gasteiger partial charge in [-0.3, -0.25) is 4.79 Å². The Hall–Kier alpha value is -3.86. The minimum absolute atomic E-state index is 0.139. The Labute approximate surface area is 161 Å². The van der Waals surface area contributed by atoms with Crippen LogP contribution in [0.3, 0.4) is 0 Å². The van der Waals surface area contributed by atoms with Crippen molar-refractivity contribution >= 4 is 28.0 Å². The van der Waals surface area contributed by atoms with Gasteiger partial charge in [-0.2, -0.15) is 5.10 Å². The molecule has 0 atom stereocenters. The van der Waals surface area contributed by atoms with Crippen LogP contribution in [0.5, 0.6) is 0 Å². The van der Waals surface area contributed by atoms with E-state index in [4.69, 9.17) is 0 Å². The van der Waals surface area contributed by atoms with E-state index >= 15 is 0 Å². The summed E-state index contributed by atoms with van der Waals surface area (Å²) < 4.78 is 1.79. The summed E-state index contributed by atoms with van der Waals surface area (Å²) >= 11 is 0. The highest BCUT2D eigenvalue weighted by Gasteiger charge is 2.12. The first-order valence-electron chi connectivity index (χ1n) is 9.10. The van der Waals surface area contributed by atoms with Crippen LogP contribution in [0.25, 0.3) is 27.5 Å². The summed E-state index contributed by atoms with van der Waals surface area (Å²) in [6.07, 6.45) is 5.58. The van der Waals surface area contributed by atoms with Gasteiger partial charge in [0, 0.05) is 34.7 Å². The number of benzene rings is 2. The molecule has 0 spiro atoms. The monoisotopic (exact) mass is 366 g/mol. The lowest BCUT2D eigenvalue weighted by Gasteiger charge is -2.07. The number of carbonyl (C=O) groups is 1. The average molecular weight is 366 g/mol. The molecule has 3 heterocycles. The van der Waals surface area contributed by atoms with E-state index in [1.54, 1.807) is 10.6 Å². The lowest BCUT2D eigenvalue weighted by atomic mass is 10.0. The summed E-state index contributed by atoms with van der Waals surface area (Å²) in [6, 6.07) is 19.7. The van der Waals surface area contributed by atoms with Crippen LogP contribution >= 0.6 is 0 Å². The van der Waals surface area contributed by atoms with Crippen molar-refractivity contribution in [3.63, 3.8) is 0 Å². The van der Waals surface area contributed by atoms with Gasteiger partial charge >= 0.3 is 0 Å². The number of nitrogens with zero attached hydrogens (tertiary/aromatic N) is 2. The van der Waals surface area contributed by atoms with Crippen molar-refractivity contribution in [1.82, 2.24) is 14.6 Å². The predicted octanol–water partition coefficient (Wildman–Crippen LogP) is 5.04. The Bertz CT molecular complexity index is 1310. The van der Waals surface area contributed by atoms with Crippen LogP contribution < -0.4 is 5.32 Å². The fourth-order valence-electron chi connectivity index (χ4n) is 3.41. The van der Waals surface area contributed by atoms with E-state index < -0.39 is 0 Å². The molecule has 0 radical (unpaired) electrons. The molecular weight excluding hydrogens is 348 g/mol. The second kappa shape index (κ2) is 6.39. The number of aromatic amines is 1. The normalized spacial score (nSPS) is 11.2. The van der Waals surface area contributed by atoms with Crippen LogP contribution in [0.2, 0.25) is 0 Å². The van der Waals surface area contributed by atoms with Crippen molar-refractivity contribution in [3.8, 4) is 11.1 Å². The van der Waals surface area contributed by atoms with Crippen LogP contribution in [0.1, 0.15) is 15.9 Å². The van der Waals surface area contributed by atoms with Gasteiger partial charge < -0.3 is 10.3 Å². The van der Waals surface area contributed by atoms with Crippen molar-refractivity contribution in [3.05, 3.63) is 90.4 Å². The average Bonchev–Trinajstić information content (AvgIpc) is 3.35. The third-order valence-corrected chi connectivity index (χ3v) is 4.96. The van der Waals surface area contributed by atoms with Gasteiger partial charge in [0.15, 0.2) is 0 Å². The number of H-pyrrole nitrogens is 1. The molecule has 5 rings (SSSR count). The van der Waals surface area contributed by atoms with Crippen LogP contribution in [0.4, 0.5) is 5.69 Å². The molecule has 136 valence electrons. The molecule has 1 amide bonds. The number of hydrogen-bond acceptors (Lipinski definition) is 2. The molecule has 28 heavy (non-hydrogen) atoms. The Morgan fingerprint density at radius 1 is 1.04 bits per heavy atom. The van der Waals surface area contributed by atoms with E-state index in [1.807, 2.05) is 61.9 Å². The van der Waals surface area contributed by atoms with Crippen molar-refractivity contribution in [2.75, 3.05) is 5.32 Å². The van der Waals surface area contributed by atoms with Gasteiger partial charge in [0.25, 0.3) is 5.91 Å². The molecule has 0 aliphatic carbocycles. The number of aryl methyl sites for hydroxylation is 1. The number of hydrogen-bond donors (Lipinski definition) is 2. The lowest BCUT2D eigenvalue weighted by molar-refractivity contribution is 0.102. The van der Waals surface area contributed by atoms with Gasteiger partial charge in [-0.25, -0.2) is 4.52 Å². The number of nitrogens with one attached hydrogen (secondary N) is 2. The minimum Gasteiger partial charge on any atom is -0.361 e. The van der Waals surface area contributed by atoms with Crippen molar-refractivity contribution < 1.29 is 4.79 Å². The second-order valence-electron chi connectivity index (χ2n) is 6.90. The third-order valence-electron chi connectivity index (χ3n) is 4.96. The van der Waals surface area contributed by atoms with Gasteiger partial charge in [-0.15, -0.1) is 0 Å². The van der Waals surface area contributed by atoms with Gasteiger partial charge in [0.05, 0.1) is 11.7 Å². The summed E-state index contributed by atoms with van der Waals surface area (Å²) in [5, 5.41) is 8.53. The lowest BCUT2D eigenvalue weighted by Crippen LogP contribution is -2.12. The van der Waals surface area contributed by atoms with Crippen LogP contribution in [0.15, 0.2) is 79.3 Å². The quantitative estimate of drug-likeness (QED) is 0.470. The smallest absolute Gasteiger partial charge is 0.255 e. The van der Waals surface area contributed by atoms with E-state index in [2.05, 4.69) is 33.6 Å². The van der Waals surface area contributed by atoms with Gasteiger partial charge in [-0.05, 0) is 60.3 Å². The number of carbonyl (C=O) groups excluding carboxylic acids is 1. The Balaban J connectivity index is 1.52. The van der Waals surface area contributed by atoms with Crippen molar-refractivity contribution in [1.29, 1.82) is 0 Å². The second-order valence-corrected chi connectivity index (χ2v) is 6.90. The molecular formula is C23H18N4O. The first-order chi connectivity index (χ1) is 13.7. The molecule has 5 heteroatoms. The molecule has 5 nitrogen and oxygen atoms in total. The number of anilines is 1. The molecule has 0 fully saturated rings. The summed E-state index contributed by atoms with van der Waals surface area (Å²) in [5.41, 5.74) is 6.58. The SMILES string of the molecule is Cc1ccc(NC(=O)c2ccn3ncc(-c4ccc5[nH]ccc5c4)c3c2)cc1. The van der Waals surface area contributed by atoms with Gasteiger partial charge in [0.1, 0.15) is 0 Å². The highest BCUT2D eigenvalue weighted by Crippen LogP contribution is 2.28. The molecule has 0 unspecified atom stereocenters. The number of aromatic nitrogens is 3. The molecule has 0 aliphatic rings. The molecule has 0 saturated heterocycles. The molecule has 0 bridgehead atoms. The molecule has 2 N–H and O–H groups in total. The highest BCUT2D eigenvalue weighted by molar-refractivity contribution is 6.05. The van der Waals surface area contributed by atoms with Gasteiger partial charge in [-0.1, -0.05) is 23.8 Å². The Morgan fingerprint density at radius 2 is 1.89 bits per heavy atom. The van der Waals surface area contributed by atoms with Crippen LogP contribution in [-0.4, -0.2) is 20.5 Å². The van der Waals surface area contributed by atoms with Crippen molar-refractivity contribution in [2.45, 2.75) is 6.92 Å². The summed E-state index contributed by atoms with van der Waals surface area (Å²) in [4.78, 5) is 15.9. The maximum absolute atomic E-state index is 12.7. The van der Waals surface area contributed by atoms with Crippen LogP contribution in [-0.2, 0) is 0 Å². The highest BCUT2D eigenvalue weighted by atomic mass is 16.1. The van der Waals surface area contributed by atoms with E-state index in [-0.39, 0.29) is 5.91 Å². The zero-order valence-electron chi connectivity index (χ0n) is 15.3. The fraction of sp³-hybridized carbons (Fsp3) is 0.0435. The zero-order valence-corrected chi connectivity index (χ0v) is 15.3. The van der Waals surface area contributed by atoms with Crippen molar-refractivity contribution in [2.24, 2.45) is 0 Å². The van der Waals surface area contributed by atoms with Gasteiger partial charge in [0.2, 0.25) is 0 Å². The van der Waals surface area contributed by atoms with E-state index in [0.29, 0.717) is 5.56 Å². The standard InChI is InChI=1S/C23H18N4O/c1-15-2-5-19(6-3-15)26-23(28)18-9-11-27-22(13-18)20(14-25-27)16-4-7-21-17(12-16)8-10-24-21/h2-14,24H,1H3,(H,26,28). The maximum Gasteiger partial charge on any atom is 0.255 e. The van der Waals surface area contributed by atoms with E-state index in [0.717, 1.165) is 38.8 Å². The third kappa shape index (κ3) is 2.83. The molecule has 5 aromatic rings. The minimum atomic E-state index is -0.139. The van der Waals surface area contributed by atoms with E-state index in [1.165, 1.54) is 0 Å². The molecule has 2 aromatic carbocycles. The fourth-order valence-corrected chi connectivity index (χ4v) is 3.41. The largest absolute Gasteiger partial charge is 0.361 e. The first kappa shape index (κ1) is 16.3. The number of amides is 1. The topological polar surface area (TPSA) is 62.2 Å². The summed E-state index contributed by atoms with van der Waals surface area (Å²) in [6.45, 7) is 2.02. The number of rotatable bonds is 3. The van der Waals surface area contributed by atoms with E-state index in [9.17, 15) is 4.79 Å².